The number of aliphatic hydroxyl groups is 1. The third-order valence-electron chi connectivity index (χ3n) is 6.17. The van der Waals surface area contributed by atoms with E-state index in [1.807, 2.05) is 0 Å². The molecule has 158 valence electrons. The van der Waals surface area contributed by atoms with Crippen molar-refractivity contribution in [2.45, 2.75) is 79.4 Å². The van der Waals surface area contributed by atoms with Crippen molar-refractivity contribution >= 4 is 5.69 Å². The van der Waals surface area contributed by atoms with Gasteiger partial charge in [0.25, 0.3) is 0 Å². The third-order valence-corrected chi connectivity index (χ3v) is 6.17. The first-order chi connectivity index (χ1) is 13.8. The van der Waals surface area contributed by atoms with Crippen LogP contribution in [0, 0.1) is 20.8 Å². The van der Waals surface area contributed by atoms with Crippen LogP contribution in [-0.4, -0.2) is 24.0 Å². The van der Waals surface area contributed by atoms with Crippen LogP contribution >= 0.6 is 0 Å². The maximum Gasteiger partial charge on any atom is 0.209 e. The molecule has 0 aromatic heterocycles. The van der Waals surface area contributed by atoms with Gasteiger partial charge in [-0.2, -0.15) is 0 Å². The molecule has 0 spiro atoms. The van der Waals surface area contributed by atoms with Gasteiger partial charge in [0.15, 0.2) is 0 Å². The molecular formula is C26H37NO2. The van der Waals surface area contributed by atoms with Gasteiger partial charge in [0, 0.05) is 37.7 Å². The Morgan fingerprint density at radius 1 is 1.03 bits per heavy atom. The normalized spacial score (nSPS) is 17.9. The number of hydrogen-bond donors (Lipinski definition) is 1. The zero-order chi connectivity index (χ0) is 21.2. The van der Waals surface area contributed by atoms with E-state index < -0.39 is 5.79 Å². The number of nitrogens with zero attached hydrogens (tertiary/aromatic N) is 1. The molecule has 2 aromatic carbocycles. The molecule has 1 atom stereocenters. The maximum atomic E-state index is 10.5. The fraction of sp³-hybridized carbons (Fsp3) is 0.538. The Bertz CT molecular complexity index is 852. The minimum Gasteiger partial charge on any atom is -0.462 e. The van der Waals surface area contributed by atoms with Gasteiger partial charge in [-0.25, -0.2) is 0 Å². The monoisotopic (exact) mass is 395 g/mol. The number of hydrogen-bond acceptors (Lipinski definition) is 3. The highest BCUT2D eigenvalue weighted by Crippen LogP contribution is 2.45. The molecule has 2 aromatic rings. The Balaban J connectivity index is 1.88. The average Bonchev–Trinajstić information content (AvgIpc) is 3.01. The summed E-state index contributed by atoms with van der Waals surface area (Å²) in [7, 11) is 0. The lowest BCUT2D eigenvalue weighted by Gasteiger charge is -2.31. The van der Waals surface area contributed by atoms with Crippen LogP contribution in [0.15, 0.2) is 24.3 Å². The van der Waals surface area contributed by atoms with Crippen molar-refractivity contribution in [3.05, 3.63) is 57.6 Å². The van der Waals surface area contributed by atoms with E-state index in [1.54, 1.807) is 6.92 Å². The van der Waals surface area contributed by atoms with Crippen LogP contribution in [0.3, 0.4) is 0 Å². The molecule has 1 aliphatic heterocycles. The van der Waals surface area contributed by atoms with Crippen molar-refractivity contribution in [3.8, 4) is 5.75 Å². The summed E-state index contributed by atoms with van der Waals surface area (Å²) in [6.07, 6.45) is 4.89. The summed E-state index contributed by atoms with van der Waals surface area (Å²) >= 11 is 0. The summed E-state index contributed by atoms with van der Waals surface area (Å²) in [6, 6.07) is 8.91. The second-order valence-electron chi connectivity index (χ2n) is 8.77. The van der Waals surface area contributed by atoms with E-state index in [1.165, 1.54) is 39.1 Å². The molecule has 0 saturated carbocycles. The standard InChI is InChI=1S/C26H37NO2/c1-7-15-27(16-9-10-21-13-11-18(3)12-14-21)24-19(4)23-17-26(6,28)29-25(23)20(5)22(24)8-2/h11-14,28H,7-10,15-17H2,1-6H3. The molecule has 29 heavy (non-hydrogen) atoms. The summed E-state index contributed by atoms with van der Waals surface area (Å²) in [5.41, 5.74) is 9.12. The highest BCUT2D eigenvalue weighted by molar-refractivity contribution is 5.70. The van der Waals surface area contributed by atoms with Crippen LogP contribution in [0.4, 0.5) is 5.69 Å². The molecule has 0 bridgehead atoms. The SMILES string of the molecule is CCCN(CCCc1ccc(C)cc1)c1c(C)c2c(c(C)c1CC)OC(C)(O)C2. The van der Waals surface area contributed by atoms with Crippen molar-refractivity contribution in [2.24, 2.45) is 0 Å². The van der Waals surface area contributed by atoms with Gasteiger partial charge in [-0.15, -0.1) is 0 Å². The first kappa shape index (κ1) is 21.7. The largest absolute Gasteiger partial charge is 0.462 e. The van der Waals surface area contributed by atoms with Crippen molar-refractivity contribution in [3.63, 3.8) is 0 Å². The van der Waals surface area contributed by atoms with Gasteiger partial charge in [0.05, 0.1) is 0 Å². The third kappa shape index (κ3) is 4.61. The summed E-state index contributed by atoms with van der Waals surface area (Å²) in [6.45, 7) is 14.8. The molecule has 0 aliphatic carbocycles. The van der Waals surface area contributed by atoms with Gasteiger partial charge in [-0.1, -0.05) is 43.7 Å². The lowest BCUT2D eigenvalue weighted by Crippen LogP contribution is -2.29. The van der Waals surface area contributed by atoms with Crippen molar-refractivity contribution < 1.29 is 9.84 Å². The van der Waals surface area contributed by atoms with Crippen LogP contribution in [0.5, 0.6) is 5.75 Å². The smallest absolute Gasteiger partial charge is 0.209 e. The highest BCUT2D eigenvalue weighted by Gasteiger charge is 2.37. The van der Waals surface area contributed by atoms with Gasteiger partial charge in [-0.3, -0.25) is 0 Å². The molecule has 1 heterocycles. The molecule has 0 radical (unpaired) electrons. The van der Waals surface area contributed by atoms with E-state index in [0.717, 1.165) is 44.5 Å². The van der Waals surface area contributed by atoms with E-state index >= 15 is 0 Å². The summed E-state index contributed by atoms with van der Waals surface area (Å²) in [5.74, 6) is -0.188. The predicted octanol–water partition coefficient (Wildman–Crippen LogP) is 5.67. The van der Waals surface area contributed by atoms with E-state index in [4.69, 9.17) is 4.74 Å². The molecule has 0 amide bonds. The quantitative estimate of drug-likeness (QED) is 0.625. The summed E-state index contributed by atoms with van der Waals surface area (Å²) in [5, 5.41) is 10.5. The average molecular weight is 396 g/mol. The Hall–Kier alpha value is -2.00. The molecule has 1 N–H and O–H groups in total. The number of benzene rings is 2. The second-order valence-corrected chi connectivity index (χ2v) is 8.77. The number of ether oxygens (including phenoxy) is 1. The maximum absolute atomic E-state index is 10.5. The van der Waals surface area contributed by atoms with Gasteiger partial charge in [0.1, 0.15) is 5.75 Å². The predicted molar refractivity (Wildman–Crippen MR) is 122 cm³/mol. The van der Waals surface area contributed by atoms with Crippen LogP contribution < -0.4 is 9.64 Å². The van der Waals surface area contributed by atoms with E-state index in [9.17, 15) is 5.11 Å². The molecule has 3 nitrogen and oxygen atoms in total. The fourth-order valence-electron chi connectivity index (χ4n) is 4.71. The van der Waals surface area contributed by atoms with Crippen molar-refractivity contribution in [1.82, 2.24) is 0 Å². The molecule has 1 unspecified atom stereocenters. The molecule has 3 heteroatoms. The van der Waals surface area contributed by atoms with E-state index in [2.05, 4.69) is 63.8 Å². The van der Waals surface area contributed by atoms with Crippen LogP contribution in [0.25, 0.3) is 0 Å². The molecule has 1 aliphatic rings. The van der Waals surface area contributed by atoms with Gasteiger partial charge in [0.2, 0.25) is 5.79 Å². The van der Waals surface area contributed by atoms with Crippen LogP contribution in [0.1, 0.15) is 67.0 Å². The lowest BCUT2D eigenvalue weighted by atomic mass is 9.91. The molecule has 3 rings (SSSR count). The Kier molecular flexibility index (Phi) is 6.58. The van der Waals surface area contributed by atoms with Crippen LogP contribution in [0.2, 0.25) is 0 Å². The van der Waals surface area contributed by atoms with Gasteiger partial charge >= 0.3 is 0 Å². The highest BCUT2D eigenvalue weighted by atomic mass is 16.6. The Morgan fingerprint density at radius 2 is 1.72 bits per heavy atom. The topological polar surface area (TPSA) is 32.7 Å². The minimum atomic E-state index is -1.09. The van der Waals surface area contributed by atoms with Gasteiger partial charge in [-0.05, 0) is 68.7 Å². The summed E-state index contributed by atoms with van der Waals surface area (Å²) in [4.78, 5) is 2.57. The zero-order valence-electron chi connectivity index (χ0n) is 19.1. The molecule has 0 saturated heterocycles. The zero-order valence-corrected chi connectivity index (χ0v) is 19.1. The minimum absolute atomic E-state index is 0.565. The second kappa shape index (κ2) is 8.79. The molecular weight excluding hydrogens is 358 g/mol. The lowest BCUT2D eigenvalue weighted by molar-refractivity contribution is -0.104. The van der Waals surface area contributed by atoms with Crippen molar-refractivity contribution in [2.75, 3.05) is 18.0 Å². The fourth-order valence-corrected chi connectivity index (χ4v) is 4.71. The number of aryl methyl sites for hydroxylation is 2. The first-order valence-corrected chi connectivity index (χ1v) is 11.1. The Labute approximate surface area is 176 Å². The summed E-state index contributed by atoms with van der Waals surface area (Å²) < 4.78 is 5.93. The Morgan fingerprint density at radius 3 is 2.34 bits per heavy atom. The van der Waals surface area contributed by atoms with Gasteiger partial charge < -0.3 is 14.7 Å². The van der Waals surface area contributed by atoms with E-state index in [-0.39, 0.29) is 0 Å². The number of anilines is 1. The number of rotatable bonds is 8. The van der Waals surface area contributed by atoms with E-state index in [0.29, 0.717) is 6.42 Å². The number of fused-ring (bicyclic) bond motifs is 1. The molecule has 0 fully saturated rings. The van der Waals surface area contributed by atoms with Crippen molar-refractivity contribution in [1.29, 1.82) is 0 Å². The van der Waals surface area contributed by atoms with Crippen LogP contribution in [-0.2, 0) is 19.3 Å². The first-order valence-electron chi connectivity index (χ1n) is 11.1.